The van der Waals surface area contributed by atoms with Crippen LogP contribution in [-0.2, 0) is 4.74 Å². The number of piperidine rings is 1. The van der Waals surface area contributed by atoms with Gasteiger partial charge in [-0.3, -0.25) is 9.80 Å². The normalized spacial score (nSPS) is 31.6. The van der Waals surface area contributed by atoms with E-state index in [1.807, 2.05) is 6.92 Å². The Balaban J connectivity index is 1.86. The predicted octanol–water partition coefficient (Wildman–Crippen LogP) is 1.72. The second-order valence-electron chi connectivity index (χ2n) is 6.81. The lowest BCUT2D eigenvalue weighted by Crippen LogP contribution is -2.52. The molecule has 2 rings (SSSR count). The molecule has 0 aliphatic carbocycles. The molecule has 3 unspecified atom stereocenters. The third kappa shape index (κ3) is 4.69. The Morgan fingerprint density at radius 2 is 2.00 bits per heavy atom. The van der Waals surface area contributed by atoms with Gasteiger partial charge >= 0.3 is 0 Å². The first-order valence-corrected chi connectivity index (χ1v) is 8.34. The minimum atomic E-state index is -0.194. The average Bonchev–Trinajstić information content (AvgIpc) is 2.41. The number of hydrogen-bond donors (Lipinski definition) is 1. The van der Waals surface area contributed by atoms with Crippen LogP contribution in [0.4, 0.5) is 0 Å². The fourth-order valence-corrected chi connectivity index (χ4v) is 3.54. The van der Waals surface area contributed by atoms with Gasteiger partial charge < -0.3 is 9.84 Å². The van der Waals surface area contributed by atoms with E-state index in [4.69, 9.17) is 4.74 Å². The summed E-state index contributed by atoms with van der Waals surface area (Å²) >= 11 is 0. The van der Waals surface area contributed by atoms with E-state index in [2.05, 4.69) is 23.6 Å². The van der Waals surface area contributed by atoms with Crippen molar-refractivity contribution < 1.29 is 9.84 Å². The van der Waals surface area contributed by atoms with Crippen LogP contribution in [0.25, 0.3) is 0 Å². The number of nitrogens with zero attached hydrogens (tertiary/aromatic N) is 2. The molecule has 2 heterocycles. The molecular formula is C16H32N2O2. The standard InChI is InChI=1S/C16H32N2O2/c1-13(2)17-8-9-20-16(11-17)12-18-7-5-4-6-15(18)10-14(3)19/h13-16,19H,4-12H2,1-3H3. The second kappa shape index (κ2) is 7.74. The van der Waals surface area contributed by atoms with Gasteiger partial charge in [0.25, 0.3) is 0 Å². The molecule has 20 heavy (non-hydrogen) atoms. The molecule has 2 saturated heterocycles. The minimum absolute atomic E-state index is 0.194. The molecule has 0 aromatic rings. The quantitative estimate of drug-likeness (QED) is 0.834. The Morgan fingerprint density at radius 1 is 1.20 bits per heavy atom. The van der Waals surface area contributed by atoms with E-state index >= 15 is 0 Å². The van der Waals surface area contributed by atoms with Gasteiger partial charge in [-0.05, 0) is 46.6 Å². The SMILES string of the molecule is CC(O)CC1CCCCN1CC1CN(C(C)C)CCO1. The lowest BCUT2D eigenvalue weighted by Gasteiger charge is -2.41. The maximum absolute atomic E-state index is 9.68. The summed E-state index contributed by atoms with van der Waals surface area (Å²) in [5.74, 6) is 0. The Bertz CT molecular complexity index is 284. The van der Waals surface area contributed by atoms with Crippen molar-refractivity contribution in [2.75, 3.05) is 32.8 Å². The number of hydrogen-bond acceptors (Lipinski definition) is 4. The van der Waals surface area contributed by atoms with Crippen molar-refractivity contribution in [2.24, 2.45) is 0 Å². The van der Waals surface area contributed by atoms with Gasteiger partial charge in [-0.1, -0.05) is 6.42 Å². The van der Waals surface area contributed by atoms with Crippen molar-refractivity contribution in [1.82, 2.24) is 9.80 Å². The summed E-state index contributed by atoms with van der Waals surface area (Å²) in [6, 6.07) is 1.15. The summed E-state index contributed by atoms with van der Waals surface area (Å²) in [5.41, 5.74) is 0. The smallest absolute Gasteiger partial charge is 0.0829 e. The van der Waals surface area contributed by atoms with E-state index in [1.165, 1.54) is 25.8 Å². The molecule has 2 fully saturated rings. The van der Waals surface area contributed by atoms with Crippen molar-refractivity contribution in [3.63, 3.8) is 0 Å². The molecule has 118 valence electrons. The number of likely N-dealkylation sites (tertiary alicyclic amines) is 1. The molecule has 1 N–H and O–H groups in total. The van der Waals surface area contributed by atoms with Crippen molar-refractivity contribution in [1.29, 1.82) is 0 Å². The van der Waals surface area contributed by atoms with Crippen LogP contribution in [0.15, 0.2) is 0 Å². The lowest BCUT2D eigenvalue weighted by atomic mass is 9.96. The van der Waals surface area contributed by atoms with E-state index in [0.717, 1.165) is 32.7 Å². The third-order valence-corrected chi connectivity index (χ3v) is 4.70. The summed E-state index contributed by atoms with van der Waals surface area (Å²) in [6.07, 6.45) is 4.86. The van der Waals surface area contributed by atoms with Crippen molar-refractivity contribution in [3.05, 3.63) is 0 Å². The first-order chi connectivity index (χ1) is 9.56. The number of aliphatic hydroxyl groups excluding tert-OH is 1. The molecule has 4 nitrogen and oxygen atoms in total. The molecule has 0 bridgehead atoms. The van der Waals surface area contributed by atoms with E-state index in [-0.39, 0.29) is 6.10 Å². The third-order valence-electron chi connectivity index (χ3n) is 4.70. The van der Waals surface area contributed by atoms with E-state index < -0.39 is 0 Å². The Labute approximate surface area is 124 Å². The van der Waals surface area contributed by atoms with Gasteiger partial charge in [-0.15, -0.1) is 0 Å². The van der Waals surface area contributed by atoms with Crippen LogP contribution in [0.5, 0.6) is 0 Å². The summed E-state index contributed by atoms with van der Waals surface area (Å²) in [7, 11) is 0. The minimum Gasteiger partial charge on any atom is -0.393 e. The van der Waals surface area contributed by atoms with Crippen LogP contribution >= 0.6 is 0 Å². The molecule has 0 aromatic carbocycles. The van der Waals surface area contributed by atoms with Crippen LogP contribution in [0.1, 0.15) is 46.5 Å². The van der Waals surface area contributed by atoms with E-state index in [9.17, 15) is 5.11 Å². The zero-order valence-corrected chi connectivity index (χ0v) is 13.4. The highest BCUT2D eigenvalue weighted by Crippen LogP contribution is 2.22. The van der Waals surface area contributed by atoms with Crippen LogP contribution in [0, 0.1) is 0 Å². The molecule has 2 aliphatic rings. The zero-order chi connectivity index (χ0) is 14.5. The van der Waals surface area contributed by atoms with Gasteiger partial charge in [0.1, 0.15) is 0 Å². The predicted molar refractivity (Wildman–Crippen MR) is 82.0 cm³/mol. The first kappa shape index (κ1) is 16.2. The first-order valence-electron chi connectivity index (χ1n) is 8.34. The van der Waals surface area contributed by atoms with E-state index in [0.29, 0.717) is 18.2 Å². The molecule has 4 heteroatoms. The van der Waals surface area contributed by atoms with E-state index in [1.54, 1.807) is 0 Å². The largest absolute Gasteiger partial charge is 0.393 e. The highest BCUT2D eigenvalue weighted by molar-refractivity contribution is 4.83. The summed E-state index contributed by atoms with van der Waals surface area (Å²) in [6.45, 7) is 11.6. The monoisotopic (exact) mass is 284 g/mol. The van der Waals surface area contributed by atoms with Gasteiger partial charge in [-0.2, -0.15) is 0 Å². The van der Waals surface area contributed by atoms with Gasteiger partial charge in [0.2, 0.25) is 0 Å². The maximum Gasteiger partial charge on any atom is 0.0829 e. The fraction of sp³-hybridized carbons (Fsp3) is 1.00. The molecule has 0 amide bonds. The topological polar surface area (TPSA) is 35.9 Å². The Hall–Kier alpha value is -0.160. The zero-order valence-electron chi connectivity index (χ0n) is 13.4. The molecule has 0 aromatic heterocycles. The van der Waals surface area contributed by atoms with Crippen molar-refractivity contribution in [3.8, 4) is 0 Å². The number of ether oxygens (including phenoxy) is 1. The number of aliphatic hydroxyl groups is 1. The summed E-state index contributed by atoms with van der Waals surface area (Å²) < 4.78 is 5.97. The van der Waals surface area contributed by atoms with Gasteiger partial charge in [0.15, 0.2) is 0 Å². The van der Waals surface area contributed by atoms with Gasteiger partial charge in [-0.25, -0.2) is 0 Å². The van der Waals surface area contributed by atoms with Gasteiger partial charge in [0.05, 0.1) is 18.8 Å². The van der Waals surface area contributed by atoms with Crippen molar-refractivity contribution >= 4 is 0 Å². The highest BCUT2D eigenvalue weighted by atomic mass is 16.5. The molecule has 0 spiro atoms. The Morgan fingerprint density at radius 3 is 2.70 bits per heavy atom. The molecular weight excluding hydrogens is 252 g/mol. The number of morpholine rings is 1. The molecule has 0 saturated carbocycles. The highest BCUT2D eigenvalue weighted by Gasteiger charge is 2.29. The Kier molecular flexibility index (Phi) is 6.27. The molecule has 3 atom stereocenters. The molecule has 0 radical (unpaired) electrons. The summed E-state index contributed by atoms with van der Waals surface area (Å²) in [4.78, 5) is 5.08. The van der Waals surface area contributed by atoms with Crippen molar-refractivity contribution in [2.45, 2.75) is 70.7 Å². The maximum atomic E-state index is 9.68. The molecule has 2 aliphatic heterocycles. The number of rotatable bonds is 5. The fourth-order valence-electron chi connectivity index (χ4n) is 3.54. The van der Waals surface area contributed by atoms with Crippen LogP contribution < -0.4 is 0 Å². The van der Waals surface area contributed by atoms with Crippen LogP contribution in [-0.4, -0.2) is 72.0 Å². The van der Waals surface area contributed by atoms with Crippen LogP contribution in [0.3, 0.4) is 0 Å². The summed E-state index contributed by atoms with van der Waals surface area (Å²) in [5, 5.41) is 9.68. The van der Waals surface area contributed by atoms with Gasteiger partial charge in [0, 0.05) is 31.7 Å². The second-order valence-corrected chi connectivity index (χ2v) is 6.81. The lowest BCUT2D eigenvalue weighted by molar-refractivity contribution is -0.0624. The average molecular weight is 284 g/mol. The van der Waals surface area contributed by atoms with Crippen LogP contribution in [0.2, 0.25) is 0 Å².